The van der Waals surface area contributed by atoms with Gasteiger partial charge in [0.15, 0.2) is 11.5 Å². The molecule has 0 aliphatic rings. The van der Waals surface area contributed by atoms with Crippen molar-refractivity contribution in [3.8, 4) is 11.5 Å². The molecule has 0 amide bonds. The molecule has 0 bridgehead atoms. The van der Waals surface area contributed by atoms with E-state index in [1.165, 1.54) is 5.56 Å². The van der Waals surface area contributed by atoms with Crippen molar-refractivity contribution in [2.45, 2.75) is 19.3 Å². The highest BCUT2D eigenvalue weighted by atomic mass is 16.6. The fraction of sp³-hybridized carbons (Fsp3) is 0.250. The molecular weight excluding hydrogens is 304 g/mol. The number of aromatic hydroxyl groups is 1. The maximum atomic E-state index is 11.0. The van der Waals surface area contributed by atoms with Crippen LogP contribution in [0, 0.1) is 0 Å². The highest BCUT2D eigenvalue weighted by molar-refractivity contribution is 5.81. The zero-order valence-corrected chi connectivity index (χ0v) is 14.0. The first-order valence-corrected chi connectivity index (χ1v) is 7.76. The fourth-order valence-corrected chi connectivity index (χ4v) is 2.39. The summed E-state index contributed by atoms with van der Waals surface area (Å²) in [6.45, 7) is 7.80. The lowest BCUT2D eigenvalue weighted by atomic mass is 9.78. The average Bonchev–Trinajstić information content (AvgIpc) is 2.60. The standard InChI is InChI=1S/C20H22O4/c1-4-19(22)24-13-12-23-18-14-16(10-11-17(18)21)20(2,3)15-8-6-5-7-9-15/h4-11,14,21H,1,12-13H2,2-3H3. The predicted octanol–water partition coefficient (Wildman–Crippen LogP) is 3.83. The monoisotopic (exact) mass is 326 g/mol. The Morgan fingerprint density at radius 2 is 1.83 bits per heavy atom. The van der Waals surface area contributed by atoms with Gasteiger partial charge in [0.1, 0.15) is 13.2 Å². The Kier molecular flexibility index (Phi) is 5.64. The predicted molar refractivity (Wildman–Crippen MR) is 93.3 cm³/mol. The van der Waals surface area contributed by atoms with E-state index in [-0.39, 0.29) is 24.4 Å². The van der Waals surface area contributed by atoms with Crippen molar-refractivity contribution in [3.63, 3.8) is 0 Å². The third-order valence-electron chi connectivity index (χ3n) is 3.93. The minimum absolute atomic E-state index is 0.0534. The topological polar surface area (TPSA) is 55.8 Å². The molecule has 0 unspecified atom stereocenters. The number of rotatable bonds is 7. The van der Waals surface area contributed by atoms with Crippen LogP contribution in [-0.4, -0.2) is 24.3 Å². The second kappa shape index (κ2) is 7.68. The molecule has 24 heavy (non-hydrogen) atoms. The number of phenols is 1. The third kappa shape index (κ3) is 4.16. The molecule has 2 aromatic rings. The van der Waals surface area contributed by atoms with E-state index in [0.29, 0.717) is 5.75 Å². The van der Waals surface area contributed by atoms with E-state index in [9.17, 15) is 9.90 Å². The highest BCUT2D eigenvalue weighted by Crippen LogP contribution is 2.36. The lowest BCUT2D eigenvalue weighted by Gasteiger charge is -2.26. The average molecular weight is 326 g/mol. The summed E-state index contributed by atoms with van der Waals surface area (Å²) in [6.07, 6.45) is 1.10. The summed E-state index contributed by atoms with van der Waals surface area (Å²) < 4.78 is 10.4. The van der Waals surface area contributed by atoms with E-state index >= 15 is 0 Å². The zero-order valence-electron chi connectivity index (χ0n) is 14.0. The molecule has 0 aromatic heterocycles. The number of ether oxygens (including phenoxy) is 2. The van der Waals surface area contributed by atoms with Crippen molar-refractivity contribution in [1.82, 2.24) is 0 Å². The Morgan fingerprint density at radius 3 is 2.50 bits per heavy atom. The second-order valence-corrected chi connectivity index (χ2v) is 5.89. The molecular formula is C20H22O4. The van der Waals surface area contributed by atoms with Gasteiger partial charge in [-0.1, -0.05) is 56.8 Å². The van der Waals surface area contributed by atoms with Crippen molar-refractivity contribution in [3.05, 3.63) is 72.3 Å². The van der Waals surface area contributed by atoms with E-state index < -0.39 is 5.97 Å². The number of carbonyl (C=O) groups excluding carboxylic acids is 1. The van der Waals surface area contributed by atoms with Crippen molar-refractivity contribution in [1.29, 1.82) is 0 Å². The molecule has 0 saturated heterocycles. The molecule has 4 heteroatoms. The van der Waals surface area contributed by atoms with E-state index in [1.54, 1.807) is 6.07 Å². The van der Waals surface area contributed by atoms with Crippen LogP contribution in [0.3, 0.4) is 0 Å². The Hall–Kier alpha value is -2.75. The molecule has 0 fully saturated rings. The lowest BCUT2D eigenvalue weighted by molar-refractivity contribution is -0.138. The minimum Gasteiger partial charge on any atom is -0.504 e. The van der Waals surface area contributed by atoms with E-state index in [0.717, 1.165) is 11.6 Å². The number of benzene rings is 2. The molecule has 2 rings (SSSR count). The van der Waals surface area contributed by atoms with Crippen LogP contribution in [0.4, 0.5) is 0 Å². The minimum atomic E-state index is -0.498. The van der Waals surface area contributed by atoms with E-state index in [1.807, 2.05) is 30.3 Å². The number of hydrogen-bond donors (Lipinski definition) is 1. The van der Waals surface area contributed by atoms with Gasteiger partial charge in [0.2, 0.25) is 0 Å². The molecule has 0 heterocycles. The van der Waals surface area contributed by atoms with Gasteiger partial charge in [-0.05, 0) is 23.3 Å². The summed E-state index contributed by atoms with van der Waals surface area (Å²) in [5, 5.41) is 9.98. The van der Waals surface area contributed by atoms with E-state index in [2.05, 4.69) is 32.6 Å². The van der Waals surface area contributed by atoms with Crippen LogP contribution in [0.15, 0.2) is 61.2 Å². The van der Waals surface area contributed by atoms with Crippen molar-refractivity contribution >= 4 is 5.97 Å². The van der Waals surface area contributed by atoms with Gasteiger partial charge in [-0.25, -0.2) is 4.79 Å². The summed E-state index contributed by atoms with van der Waals surface area (Å²) in [4.78, 5) is 11.0. The van der Waals surface area contributed by atoms with Gasteiger partial charge in [0.25, 0.3) is 0 Å². The van der Waals surface area contributed by atoms with Crippen molar-refractivity contribution in [2.24, 2.45) is 0 Å². The molecule has 0 aliphatic carbocycles. The lowest BCUT2D eigenvalue weighted by Crippen LogP contribution is -2.19. The van der Waals surface area contributed by atoms with Crippen LogP contribution in [0.25, 0.3) is 0 Å². The first-order chi connectivity index (χ1) is 11.4. The molecule has 0 atom stereocenters. The Labute approximate surface area is 142 Å². The number of esters is 1. The normalized spacial score (nSPS) is 10.9. The molecule has 0 aliphatic heterocycles. The molecule has 0 spiro atoms. The van der Waals surface area contributed by atoms with Crippen LogP contribution in [0.5, 0.6) is 11.5 Å². The molecule has 0 saturated carbocycles. The smallest absolute Gasteiger partial charge is 0.330 e. The Morgan fingerprint density at radius 1 is 1.12 bits per heavy atom. The summed E-state index contributed by atoms with van der Waals surface area (Å²) in [7, 11) is 0. The van der Waals surface area contributed by atoms with Gasteiger partial charge in [-0.2, -0.15) is 0 Å². The molecule has 4 nitrogen and oxygen atoms in total. The van der Waals surface area contributed by atoms with E-state index in [4.69, 9.17) is 9.47 Å². The third-order valence-corrected chi connectivity index (χ3v) is 3.93. The van der Waals surface area contributed by atoms with Gasteiger partial charge < -0.3 is 14.6 Å². The molecule has 0 radical (unpaired) electrons. The van der Waals surface area contributed by atoms with Crippen LogP contribution in [0.1, 0.15) is 25.0 Å². The van der Waals surface area contributed by atoms with Crippen LogP contribution in [-0.2, 0) is 14.9 Å². The Balaban J connectivity index is 2.13. The van der Waals surface area contributed by atoms with Gasteiger partial charge in [0, 0.05) is 11.5 Å². The number of phenolic OH excluding ortho intramolecular Hbond substituents is 1. The number of hydrogen-bond acceptors (Lipinski definition) is 4. The SMILES string of the molecule is C=CC(=O)OCCOc1cc(C(C)(C)c2ccccc2)ccc1O. The quantitative estimate of drug-likeness (QED) is 0.477. The second-order valence-electron chi connectivity index (χ2n) is 5.89. The Bertz CT molecular complexity index is 705. The zero-order chi connectivity index (χ0) is 17.6. The molecule has 2 aromatic carbocycles. The maximum Gasteiger partial charge on any atom is 0.330 e. The first kappa shape index (κ1) is 17.6. The van der Waals surface area contributed by atoms with Crippen molar-refractivity contribution < 1.29 is 19.4 Å². The first-order valence-electron chi connectivity index (χ1n) is 7.76. The largest absolute Gasteiger partial charge is 0.504 e. The molecule has 126 valence electrons. The van der Waals surface area contributed by atoms with Crippen LogP contribution in [0.2, 0.25) is 0 Å². The van der Waals surface area contributed by atoms with Gasteiger partial charge in [-0.15, -0.1) is 0 Å². The summed E-state index contributed by atoms with van der Waals surface area (Å²) in [5.74, 6) is -0.0781. The van der Waals surface area contributed by atoms with Gasteiger partial charge in [-0.3, -0.25) is 0 Å². The summed E-state index contributed by atoms with van der Waals surface area (Å²) >= 11 is 0. The van der Waals surface area contributed by atoms with Crippen LogP contribution >= 0.6 is 0 Å². The van der Waals surface area contributed by atoms with Crippen molar-refractivity contribution in [2.75, 3.05) is 13.2 Å². The van der Waals surface area contributed by atoms with Gasteiger partial charge in [0.05, 0.1) is 0 Å². The summed E-state index contributed by atoms with van der Waals surface area (Å²) in [6, 6.07) is 15.4. The van der Waals surface area contributed by atoms with Crippen LogP contribution < -0.4 is 4.74 Å². The maximum absolute atomic E-state index is 11.0. The fourth-order valence-electron chi connectivity index (χ4n) is 2.39. The molecule has 1 N–H and O–H groups in total. The highest BCUT2D eigenvalue weighted by Gasteiger charge is 2.24. The summed E-state index contributed by atoms with van der Waals surface area (Å²) in [5.41, 5.74) is 1.95. The van der Waals surface area contributed by atoms with Gasteiger partial charge >= 0.3 is 5.97 Å². The number of carbonyl (C=O) groups is 1.